The number of fused-ring (bicyclic) bond motifs is 1. The molecule has 1 aromatic carbocycles. The second-order valence-corrected chi connectivity index (χ2v) is 5.21. The Balaban J connectivity index is 2.13. The number of nitrogens with one attached hydrogen (secondary N) is 1. The van der Waals surface area contributed by atoms with Gasteiger partial charge < -0.3 is 5.32 Å². The van der Waals surface area contributed by atoms with Crippen LogP contribution in [-0.4, -0.2) is 10.9 Å². The van der Waals surface area contributed by atoms with Gasteiger partial charge in [0.2, 0.25) is 5.91 Å². The summed E-state index contributed by atoms with van der Waals surface area (Å²) in [7, 11) is 0. The van der Waals surface area contributed by atoms with Crippen molar-refractivity contribution >= 4 is 11.7 Å². The normalized spacial score (nSPS) is 16.1. The van der Waals surface area contributed by atoms with Crippen LogP contribution in [0.15, 0.2) is 36.5 Å². The van der Waals surface area contributed by atoms with E-state index in [0.717, 1.165) is 16.7 Å². The summed E-state index contributed by atoms with van der Waals surface area (Å²) in [5.74, 6) is 0.244. The molecule has 0 unspecified atom stereocenters. The molecule has 2 heterocycles. The molecule has 96 valence electrons. The molecule has 0 spiro atoms. The molecule has 0 bridgehead atoms. The lowest BCUT2D eigenvalue weighted by Crippen LogP contribution is -2.26. The van der Waals surface area contributed by atoms with Crippen LogP contribution >= 0.6 is 0 Å². The monoisotopic (exact) mass is 256 g/mol. The van der Waals surface area contributed by atoms with Gasteiger partial charge in [0.15, 0.2) is 0 Å². The molecule has 1 N–H and O–H groups in total. The van der Waals surface area contributed by atoms with E-state index in [1.165, 1.54) is 12.1 Å². The Bertz CT molecular complexity index is 680. The minimum Gasteiger partial charge on any atom is -0.310 e. The van der Waals surface area contributed by atoms with Gasteiger partial charge in [0, 0.05) is 17.3 Å². The molecule has 1 aliphatic rings. The molecule has 4 heteroatoms. The first-order chi connectivity index (χ1) is 8.98. The van der Waals surface area contributed by atoms with E-state index in [1.54, 1.807) is 12.3 Å². The van der Waals surface area contributed by atoms with Crippen LogP contribution in [0.1, 0.15) is 19.4 Å². The molecule has 1 amide bonds. The molecule has 0 radical (unpaired) electrons. The topological polar surface area (TPSA) is 42.0 Å². The highest BCUT2D eigenvalue weighted by atomic mass is 19.1. The van der Waals surface area contributed by atoms with Crippen molar-refractivity contribution in [2.45, 2.75) is 19.3 Å². The van der Waals surface area contributed by atoms with Gasteiger partial charge >= 0.3 is 0 Å². The lowest BCUT2D eigenvalue weighted by atomic mass is 9.86. The summed E-state index contributed by atoms with van der Waals surface area (Å²) in [6, 6.07) is 8.24. The summed E-state index contributed by atoms with van der Waals surface area (Å²) in [6.07, 6.45) is 1.65. The van der Waals surface area contributed by atoms with E-state index in [2.05, 4.69) is 10.3 Å². The molecular formula is C15H13FN2O. The summed E-state index contributed by atoms with van der Waals surface area (Å²) in [5.41, 5.74) is 1.80. The molecule has 0 fully saturated rings. The van der Waals surface area contributed by atoms with Crippen molar-refractivity contribution < 1.29 is 9.18 Å². The van der Waals surface area contributed by atoms with Gasteiger partial charge in [-0.15, -0.1) is 0 Å². The largest absolute Gasteiger partial charge is 0.310 e. The van der Waals surface area contributed by atoms with Gasteiger partial charge in [-0.3, -0.25) is 4.79 Å². The Morgan fingerprint density at radius 3 is 2.74 bits per heavy atom. The summed E-state index contributed by atoms with van der Waals surface area (Å²) in [5, 5.41) is 2.75. The van der Waals surface area contributed by atoms with E-state index in [4.69, 9.17) is 0 Å². The molecule has 0 atom stereocenters. The van der Waals surface area contributed by atoms with Gasteiger partial charge in [-0.1, -0.05) is 12.1 Å². The van der Waals surface area contributed by atoms with Gasteiger partial charge in [-0.2, -0.15) is 0 Å². The molecule has 0 saturated heterocycles. The molecule has 2 aromatic rings. The van der Waals surface area contributed by atoms with Crippen LogP contribution in [-0.2, 0) is 10.2 Å². The van der Waals surface area contributed by atoms with E-state index in [-0.39, 0.29) is 11.7 Å². The van der Waals surface area contributed by atoms with E-state index in [9.17, 15) is 9.18 Å². The molecule has 3 nitrogen and oxygen atoms in total. The first-order valence-electron chi connectivity index (χ1n) is 6.06. The van der Waals surface area contributed by atoms with Crippen LogP contribution in [0.2, 0.25) is 0 Å². The highest BCUT2D eigenvalue weighted by Crippen LogP contribution is 2.37. The second kappa shape index (κ2) is 3.88. The standard InChI is InChI=1S/C15H13FN2O/c1-15(2)12-7-10(8-17-13(12)18-14(15)19)9-4-3-5-11(16)6-9/h3-8H,1-2H3,(H,17,18,19). The number of rotatable bonds is 1. The van der Waals surface area contributed by atoms with E-state index < -0.39 is 5.41 Å². The highest BCUT2D eigenvalue weighted by molar-refractivity contribution is 6.04. The number of carbonyl (C=O) groups excluding carboxylic acids is 1. The summed E-state index contributed by atoms with van der Waals surface area (Å²) >= 11 is 0. The molecule has 0 saturated carbocycles. The van der Waals surface area contributed by atoms with E-state index >= 15 is 0 Å². The van der Waals surface area contributed by atoms with Crippen molar-refractivity contribution in [3.63, 3.8) is 0 Å². The Labute approximate surface area is 110 Å². The summed E-state index contributed by atoms with van der Waals surface area (Å²) in [4.78, 5) is 16.1. The molecule has 1 aromatic heterocycles. The van der Waals surface area contributed by atoms with Crippen molar-refractivity contribution in [2.75, 3.05) is 5.32 Å². The lowest BCUT2D eigenvalue weighted by molar-refractivity contribution is -0.119. The maximum atomic E-state index is 13.3. The highest BCUT2D eigenvalue weighted by Gasteiger charge is 2.39. The zero-order valence-electron chi connectivity index (χ0n) is 10.7. The maximum Gasteiger partial charge on any atom is 0.235 e. The first-order valence-corrected chi connectivity index (χ1v) is 6.06. The number of anilines is 1. The number of nitrogens with zero attached hydrogens (tertiary/aromatic N) is 1. The third-order valence-corrected chi connectivity index (χ3v) is 3.52. The predicted octanol–water partition coefficient (Wildman–Crippen LogP) is 3.12. The molecule has 3 rings (SSSR count). The minimum atomic E-state index is -0.605. The summed E-state index contributed by atoms with van der Waals surface area (Å²) in [6.45, 7) is 3.70. The SMILES string of the molecule is CC1(C)C(=O)Nc2ncc(-c3cccc(F)c3)cc21. The van der Waals surface area contributed by atoms with Crippen LogP contribution in [0.3, 0.4) is 0 Å². The third kappa shape index (κ3) is 1.80. The van der Waals surface area contributed by atoms with Crippen molar-refractivity contribution in [3.05, 3.63) is 47.9 Å². The Hall–Kier alpha value is -2.23. The van der Waals surface area contributed by atoms with E-state index in [1.807, 2.05) is 26.0 Å². The zero-order chi connectivity index (χ0) is 13.6. The third-order valence-electron chi connectivity index (χ3n) is 3.52. The molecular weight excluding hydrogens is 243 g/mol. The number of aromatic nitrogens is 1. The van der Waals surface area contributed by atoms with Crippen molar-refractivity contribution in [3.8, 4) is 11.1 Å². The van der Waals surface area contributed by atoms with Crippen LogP contribution in [0.5, 0.6) is 0 Å². The number of halogens is 1. The van der Waals surface area contributed by atoms with Gasteiger partial charge in [0.05, 0.1) is 5.41 Å². The quantitative estimate of drug-likeness (QED) is 0.851. The van der Waals surface area contributed by atoms with E-state index in [0.29, 0.717) is 5.82 Å². The van der Waals surface area contributed by atoms with Crippen LogP contribution in [0.4, 0.5) is 10.2 Å². The number of hydrogen-bond donors (Lipinski definition) is 1. The average molecular weight is 256 g/mol. The number of amides is 1. The Morgan fingerprint density at radius 1 is 1.21 bits per heavy atom. The predicted molar refractivity (Wildman–Crippen MR) is 71.3 cm³/mol. The summed E-state index contributed by atoms with van der Waals surface area (Å²) < 4.78 is 13.3. The smallest absolute Gasteiger partial charge is 0.235 e. The van der Waals surface area contributed by atoms with Gasteiger partial charge in [-0.25, -0.2) is 9.37 Å². The molecule has 1 aliphatic heterocycles. The number of carbonyl (C=O) groups is 1. The number of pyridine rings is 1. The van der Waals surface area contributed by atoms with Crippen molar-refractivity contribution in [2.24, 2.45) is 0 Å². The maximum absolute atomic E-state index is 13.3. The van der Waals surface area contributed by atoms with Gasteiger partial charge in [0.1, 0.15) is 11.6 Å². The second-order valence-electron chi connectivity index (χ2n) is 5.21. The Kier molecular flexibility index (Phi) is 2.42. The van der Waals surface area contributed by atoms with Crippen molar-refractivity contribution in [1.29, 1.82) is 0 Å². The van der Waals surface area contributed by atoms with Crippen LogP contribution in [0, 0.1) is 5.82 Å². The zero-order valence-corrected chi connectivity index (χ0v) is 10.7. The lowest BCUT2D eigenvalue weighted by Gasteiger charge is -2.15. The minimum absolute atomic E-state index is 0.0635. The van der Waals surface area contributed by atoms with Crippen LogP contribution < -0.4 is 5.32 Å². The Morgan fingerprint density at radius 2 is 2.00 bits per heavy atom. The number of benzene rings is 1. The average Bonchev–Trinajstić information content (AvgIpc) is 2.60. The van der Waals surface area contributed by atoms with Gasteiger partial charge in [0.25, 0.3) is 0 Å². The fraction of sp³-hybridized carbons (Fsp3) is 0.200. The first kappa shape index (κ1) is 11.8. The van der Waals surface area contributed by atoms with Crippen LogP contribution in [0.25, 0.3) is 11.1 Å². The number of hydrogen-bond acceptors (Lipinski definition) is 2. The fourth-order valence-corrected chi connectivity index (χ4v) is 2.25. The van der Waals surface area contributed by atoms with Gasteiger partial charge in [-0.05, 0) is 37.6 Å². The molecule has 19 heavy (non-hydrogen) atoms. The fourth-order valence-electron chi connectivity index (χ4n) is 2.25. The molecule has 0 aliphatic carbocycles. The van der Waals surface area contributed by atoms with Crippen molar-refractivity contribution in [1.82, 2.24) is 4.98 Å².